The Kier molecular flexibility index (Phi) is 32.5. The molecule has 318 valence electrons. The normalized spacial score (nSPS) is 15.5. The molecule has 0 amide bonds. The molecule has 0 saturated heterocycles. The van der Waals surface area contributed by atoms with Gasteiger partial charge in [0, 0.05) is 12.8 Å². The number of hydrogen-bond acceptors (Lipinski definition) is 11. The largest absolute Gasteiger partial charge is 0.472 e. The summed E-state index contributed by atoms with van der Waals surface area (Å²) in [4.78, 5) is 52.4. The molecule has 0 aromatic heterocycles. The van der Waals surface area contributed by atoms with Gasteiger partial charge in [-0.3, -0.25) is 23.2 Å². The predicted molar refractivity (Wildman–Crippen MR) is 213 cm³/mol. The second-order valence-electron chi connectivity index (χ2n) is 13.5. The van der Waals surface area contributed by atoms with E-state index >= 15 is 0 Å². The maximum Gasteiger partial charge on any atom is 0.472 e. The summed E-state index contributed by atoms with van der Waals surface area (Å²) in [7, 11) is -9.69. The highest BCUT2D eigenvalue weighted by atomic mass is 31.2. The number of phosphoric ester groups is 2. The Bertz CT molecular complexity index is 1240. The Morgan fingerprint density at radius 2 is 1.24 bits per heavy atom. The SMILES string of the molecule is CC/C=C\C(O)C/C=C/C=C\C/C=C\C/C=C\CCCC(=O)OC[C@H](COP(=O)(O)OC[C@@H](O)COP(=O)(O)O)OC(=O)CCCCCCCCCC(C)C. The van der Waals surface area contributed by atoms with E-state index in [4.69, 9.17) is 23.8 Å². The van der Waals surface area contributed by atoms with Crippen LogP contribution in [0.1, 0.15) is 124 Å². The second-order valence-corrected chi connectivity index (χ2v) is 16.2. The van der Waals surface area contributed by atoms with Crippen LogP contribution in [0.5, 0.6) is 0 Å². The van der Waals surface area contributed by atoms with Gasteiger partial charge in [0.15, 0.2) is 6.10 Å². The topological polar surface area (TPSA) is 216 Å². The van der Waals surface area contributed by atoms with Crippen LogP contribution >= 0.6 is 15.6 Å². The molecule has 0 aliphatic rings. The van der Waals surface area contributed by atoms with Gasteiger partial charge in [-0.1, -0.05) is 126 Å². The summed E-state index contributed by atoms with van der Waals surface area (Å²) in [6.07, 6.45) is 28.9. The summed E-state index contributed by atoms with van der Waals surface area (Å²) < 4.78 is 47.5. The fourth-order valence-corrected chi connectivity index (χ4v) is 5.86. The summed E-state index contributed by atoms with van der Waals surface area (Å²) >= 11 is 0. The maximum atomic E-state index is 12.6. The maximum absolute atomic E-state index is 12.6. The lowest BCUT2D eigenvalue weighted by molar-refractivity contribution is -0.161. The average molecular weight is 823 g/mol. The van der Waals surface area contributed by atoms with Crippen LogP contribution in [0.3, 0.4) is 0 Å². The molecule has 55 heavy (non-hydrogen) atoms. The van der Waals surface area contributed by atoms with E-state index in [0.29, 0.717) is 31.6 Å². The van der Waals surface area contributed by atoms with Crippen molar-refractivity contribution in [3.8, 4) is 0 Å². The number of aliphatic hydroxyl groups is 2. The average Bonchev–Trinajstić information content (AvgIpc) is 3.12. The molecule has 0 saturated carbocycles. The first kappa shape index (κ1) is 52.8. The quantitative estimate of drug-likeness (QED) is 0.0134. The van der Waals surface area contributed by atoms with Gasteiger partial charge in [-0.05, 0) is 50.9 Å². The van der Waals surface area contributed by atoms with Crippen molar-refractivity contribution in [2.24, 2.45) is 5.92 Å². The van der Waals surface area contributed by atoms with E-state index in [1.54, 1.807) is 6.08 Å². The second kappa shape index (κ2) is 33.9. The molecule has 0 aromatic carbocycles. The van der Waals surface area contributed by atoms with Gasteiger partial charge in [0.05, 0.1) is 25.9 Å². The number of unbranched alkanes of at least 4 members (excludes halogenated alkanes) is 7. The Morgan fingerprint density at radius 1 is 0.655 bits per heavy atom. The number of allylic oxidation sites excluding steroid dienone is 8. The molecule has 0 spiro atoms. The smallest absolute Gasteiger partial charge is 0.462 e. The van der Waals surface area contributed by atoms with Crippen LogP contribution in [0.4, 0.5) is 0 Å². The molecule has 0 rings (SSSR count). The van der Waals surface area contributed by atoms with Gasteiger partial charge in [-0.15, -0.1) is 0 Å². The number of rotatable bonds is 35. The minimum absolute atomic E-state index is 0.0968. The summed E-state index contributed by atoms with van der Waals surface area (Å²) in [6, 6.07) is 0. The van der Waals surface area contributed by atoms with Gasteiger partial charge in [-0.2, -0.15) is 0 Å². The van der Waals surface area contributed by atoms with Crippen molar-refractivity contribution >= 4 is 27.6 Å². The van der Waals surface area contributed by atoms with Crippen LogP contribution in [-0.2, 0) is 41.8 Å². The van der Waals surface area contributed by atoms with Gasteiger partial charge in [0.25, 0.3) is 0 Å². The monoisotopic (exact) mass is 822 g/mol. The zero-order chi connectivity index (χ0) is 41.2. The molecule has 2 unspecified atom stereocenters. The summed E-state index contributed by atoms with van der Waals surface area (Å²) in [5.41, 5.74) is 0. The van der Waals surface area contributed by atoms with E-state index in [2.05, 4.69) is 22.9 Å². The van der Waals surface area contributed by atoms with Crippen LogP contribution < -0.4 is 0 Å². The van der Waals surface area contributed by atoms with Crippen molar-refractivity contribution in [3.63, 3.8) is 0 Å². The Hall–Kier alpha value is -2.22. The molecule has 14 nitrogen and oxygen atoms in total. The van der Waals surface area contributed by atoms with Crippen molar-refractivity contribution in [1.29, 1.82) is 0 Å². The van der Waals surface area contributed by atoms with Crippen molar-refractivity contribution < 1.29 is 66.7 Å². The highest BCUT2D eigenvalue weighted by Gasteiger charge is 2.28. The highest BCUT2D eigenvalue weighted by molar-refractivity contribution is 7.47. The number of phosphoric acid groups is 2. The van der Waals surface area contributed by atoms with Gasteiger partial charge >= 0.3 is 27.6 Å². The van der Waals surface area contributed by atoms with E-state index in [1.165, 1.54) is 19.3 Å². The van der Waals surface area contributed by atoms with E-state index in [-0.39, 0.29) is 12.8 Å². The fraction of sp³-hybridized carbons (Fsp3) is 0.692. The first-order valence-electron chi connectivity index (χ1n) is 19.4. The number of hydrogen-bond donors (Lipinski definition) is 5. The Balaban J connectivity index is 4.68. The minimum Gasteiger partial charge on any atom is -0.462 e. The third kappa shape index (κ3) is 38.4. The number of ether oxygens (including phenoxy) is 2. The molecule has 0 aliphatic carbocycles. The predicted octanol–water partition coefficient (Wildman–Crippen LogP) is 8.10. The number of carbonyl (C=O) groups excluding carboxylic acids is 2. The lowest BCUT2D eigenvalue weighted by Gasteiger charge is -2.20. The van der Waals surface area contributed by atoms with Crippen LogP contribution in [0.2, 0.25) is 0 Å². The zero-order valence-corrected chi connectivity index (χ0v) is 34.8. The van der Waals surface area contributed by atoms with Crippen molar-refractivity contribution in [2.45, 2.75) is 142 Å². The molecule has 0 fully saturated rings. The molecule has 0 heterocycles. The number of aliphatic hydroxyl groups excluding tert-OH is 2. The molecule has 0 bridgehead atoms. The van der Waals surface area contributed by atoms with E-state index in [1.807, 2.05) is 61.6 Å². The Labute approximate surface area is 328 Å². The van der Waals surface area contributed by atoms with Gasteiger partial charge in [0.2, 0.25) is 0 Å². The molecular weight excluding hydrogens is 754 g/mol. The first-order chi connectivity index (χ1) is 26.1. The van der Waals surface area contributed by atoms with Crippen molar-refractivity contribution in [2.75, 3.05) is 26.4 Å². The van der Waals surface area contributed by atoms with Gasteiger partial charge < -0.3 is 34.4 Å². The van der Waals surface area contributed by atoms with Crippen molar-refractivity contribution in [3.05, 3.63) is 60.8 Å². The van der Waals surface area contributed by atoms with E-state index in [9.17, 15) is 33.8 Å². The van der Waals surface area contributed by atoms with Crippen LogP contribution in [-0.4, -0.2) is 81.6 Å². The number of carbonyl (C=O) groups is 2. The van der Waals surface area contributed by atoms with Crippen LogP contribution in [0.25, 0.3) is 0 Å². The minimum atomic E-state index is -4.87. The zero-order valence-electron chi connectivity index (χ0n) is 33.0. The molecule has 5 N–H and O–H groups in total. The molecule has 4 atom stereocenters. The highest BCUT2D eigenvalue weighted by Crippen LogP contribution is 2.43. The number of esters is 2. The lowest BCUT2D eigenvalue weighted by atomic mass is 10.0. The molecule has 0 aromatic rings. The molecule has 0 radical (unpaired) electrons. The summed E-state index contributed by atoms with van der Waals surface area (Å²) in [6.45, 7) is 3.64. The third-order valence-corrected chi connectivity index (χ3v) is 9.10. The van der Waals surface area contributed by atoms with E-state index in [0.717, 1.165) is 44.9 Å². The van der Waals surface area contributed by atoms with Gasteiger partial charge in [-0.25, -0.2) is 9.13 Å². The summed E-state index contributed by atoms with van der Waals surface area (Å²) in [5.74, 6) is -0.428. The fourth-order valence-electron chi connectivity index (χ4n) is 4.70. The summed E-state index contributed by atoms with van der Waals surface area (Å²) in [5, 5.41) is 19.5. The van der Waals surface area contributed by atoms with E-state index < -0.39 is 72.3 Å². The Morgan fingerprint density at radius 3 is 1.91 bits per heavy atom. The molecular formula is C39H68O14P2. The lowest BCUT2D eigenvalue weighted by Crippen LogP contribution is -2.30. The van der Waals surface area contributed by atoms with Gasteiger partial charge in [0.1, 0.15) is 12.7 Å². The molecule has 16 heteroatoms. The molecule has 0 aliphatic heterocycles. The van der Waals surface area contributed by atoms with Crippen LogP contribution in [0, 0.1) is 5.92 Å². The first-order valence-corrected chi connectivity index (χ1v) is 22.5. The van der Waals surface area contributed by atoms with Crippen molar-refractivity contribution in [1.82, 2.24) is 0 Å². The third-order valence-electron chi connectivity index (χ3n) is 7.66. The van der Waals surface area contributed by atoms with Crippen LogP contribution in [0.15, 0.2) is 60.8 Å². The standard InChI is InChI=1S/C39H68O14P2/c1-4-5-26-35(40)27-22-18-14-10-8-6-7-9-11-15-19-23-28-38(42)49-32-37(33-52-55(47,48)51-31-36(41)30-50-54(44,45)46)53-39(43)29-24-20-16-12-13-17-21-25-34(2)3/h5-7,10-11,14-15,18,22,26,34-37,40-41H,4,8-9,12-13,16-17,19-21,23-25,27-33H2,1-3H3,(H,47,48)(H2,44,45,46)/b7-6-,14-10-,15-11-,22-18+,26-5-/t35?,36-,37+/m0/s1.